The maximum atomic E-state index is 12.1. The van der Waals surface area contributed by atoms with Crippen LogP contribution in [-0.4, -0.2) is 27.8 Å². The van der Waals surface area contributed by atoms with E-state index in [1.165, 1.54) is 6.33 Å². The number of anilines is 1. The van der Waals surface area contributed by atoms with Crippen LogP contribution in [0.4, 0.5) is 5.95 Å². The van der Waals surface area contributed by atoms with Crippen molar-refractivity contribution in [2.45, 2.75) is 19.1 Å². The standard InChI is InChI=1S/C19H16BrClN4O3/c1-27-16-6-12(15-8-18(26)24-19-22-10-23-25(15)19)13(20)7-17(16)28-9-11-4-2-3-5-14(11)21/h2-7,10,15H,8-9H2,1H3,(H,22,23,24,26)/t15-/m1/s1. The van der Waals surface area contributed by atoms with Gasteiger partial charge < -0.3 is 9.47 Å². The number of nitrogens with one attached hydrogen (secondary N) is 1. The lowest BCUT2D eigenvalue weighted by molar-refractivity contribution is -0.117. The normalized spacial score (nSPS) is 15.7. The Labute approximate surface area is 174 Å². The molecule has 0 saturated heterocycles. The summed E-state index contributed by atoms with van der Waals surface area (Å²) in [6.07, 6.45) is 1.66. The van der Waals surface area contributed by atoms with Gasteiger partial charge in [0.25, 0.3) is 0 Å². The first-order valence-corrected chi connectivity index (χ1v) is 9.67. The Kier molecular flexibility index (Phi) is 5.23. The summed E-state index contributed by atoms with van der Waals surface area (Å²) in [6, 6.07) is 10.9. The summed E-state index contributed by atoms with van der Waals surface area (Å²) in [5, 5.41) is 7.59. The number of ether oxygens (including phenoxy) is 2. The van der Waals surface area contributed by atoms with Crippen molar-refractivity contribution >= 4 is 39.4 Å². The van der Waals surface area contributed by atoms with Crippen LogP contribution in [0.15, 0.2) is 47.2 Å². The minimum absolute atomic E-state index is 0.115. The predicted octanol–water partition coefficient (Wildman–Crippen LogP) is 4.21. The largest absolute Gasteiger partial charge is 0.493 e. The topological polar surface area (TPSA) is 78.3 Å². The SMILES string of the molecule is COc1cc([C@H]2CC(=O)Nc3ncnn32)c(Br)cc1OCc1ccccc1Cl. The number of hydrogen-bond acceptors (Lipinski definition) is 5. The van der Waals surface area contributed by atoms with Crippen LogP contribution >= 0.6 is 27.5 Å². The fourth-order valence-electron chi connectivity index (χ4n) is 3.10. The third-order valence-electron chi connectivity index (χ3n) is 4.48. The minimum Gasteiger partial charge on any atom is -0.493 e. The summed E-state index contributed by atoms with van der Waals surface area (Å²) in [7, 11) is 1.57. The highest BCUT2D eigenvalue weighted by molar-refractivity contribution is 9.10. The number of methoxy groups -OCH3 is 1. The van der Waals surface area contributed by atoms with Gasteiger partial charge in [-0.05, 0) is 23.8 Å². The van der Waals surface area contributed by atoms with E-state index in [2.05, 4.69) is 31.3 Å². The van der Waals surface area contributed by atoms with E-state index in [1.54, 1.807) is 11.8 Å². The van der Waals surface area contributed by atoms with Gasteiger partial charge in [0.1, 0.15) is 12.9 Å². The second-order valence-corrected chi connectivity index (χ2v) is 7.46. The minimum atomic E-state index is -0.299. The second kappa shape index (κ2) is 7.81. The number of amides is 1. The summed E-state index contributed by atoms with van der Waals surface area (Å²) in [4.78, 5) is 16.1. The molecule has 0 aliphatic carbocycles. The van der Waals surface area contributed by atoms with Crippen LogP contribution in [0.25, 0.3) is 0 Å². The molecule has 7 nitrogen and oxygen atoms in total. The van der Waals surface area contributed by atoms with Crippen molar-refractivity contribution in [2.75, 3.05) is 12.4 Å². The van der Waals surface area contributed by atoms with Crippen molar-refractivity contribution in [1.29, 1.82) is 0 Å². The Bertz CT molecular complexity index is 1040. The zero-order valence-corrected chi connectivity index (χ0v) is 17.2. The molecule has 1 aromatic heterocycles. The van der Waals surface area contributed by atoms with Gasteiger partial charge in [-0.3, -0.25) is 10.1 Å². The lowest BCUT2D eigenvalue weighted by Gasteiger charge is -2.25. The van der Waals surface area contributed by atoms with Gasteiger partial charge in [-0.2, -0.15) is 10.1 Å². The van der Waals surface area contributed by atoms with Gasteiger partial charge in [-0.1, -0.05) is 45.7 Å². The second-order valence-electron chi connectivity index (χ2n) is 6.20. The maximum Gasteiger partial charge on any atom is 0.229 e. The van der Waals surface area contributed by atoms with E-state index >= 15 is 0 Å². The van der Waals surface area contributed by atoms with Crippen LogP contribution in [0.2, 0.25) is 5.02 Å². The van der Waals surface area contributed by atoms with E-state index in [9.17, 15) is 4.79 Å². The van der Waals surface area contributed by atoms with Crippen LogP contribution in [-0.2, 0) is 11.4 Å². The van der Waals surface area contributed by atoms with Gasteiger partial charge in [0.2, 0.25) is 11.9 Å². The third-order valence-corrected chi connectivity index (χ3v) is 5.54. The molecule has 0 fully saturated rings. The molecule has 2 heterocycles. The number of nitrogens with zero attached hydrogens (tertiary/aromatic N) is 3. The van der Waals surface area contributed by atoms with Crippen LogP contribution in [0, 0.1) is 0 Å². The van der Waals surface area contributed by atoms with E-state index in [-0.39, 0.29) is 18.4 Å². The first kappa shape index (κ1) is 18.8. The maximum absolute atomic E-state index is 12.1. The molecule has 144 valence electrons. The van der Waals surface area contributed by atoms with Gasteiger partial charge >= 0.3 is 0 Å². The number of carbonyl (C=O) groups excluding carboxylic acids is 1. The smallest absolute Gasteiger partial charge is 0.229 e. The molecule has 2 aromatic carbocycles. The average Bonchev–Trinajstić information content (AvgIpc) is 3.15. The van der Waals surface area contributed by atoms with Gasteiger partial charge in [0.05, 0.1) is 19.6 Å². The fourth-order valence-corrected chi connectivity index (χ4v) is 3.87. The molecule has 4 rings (SSSR count). The van der Waals surface area contributed by atoms with Crippen molar-refractivity contribution in [3.8, 4) is 11.5 Å². The predicted molar refractivity (Wildman–Crippen MR) is 108 cm³/mol. The molecule has 1 atom stereocenters. The van der Waals surface area contributed by atoms with E-state index in [1.807, 2.05) is 36.4 Å². The van der Waals surface area contributed by atoms with Gasteiger partial charge in [-0.25, -0.2) is 4.68 Å². The Morgan fingerprint density at radius 3 is 2.93 bits per heavy atom. The highest BCUT2D eigenvalue weighted by atomic mass is 79.9. The van der Waals surface area contributed by atoms with Crippen LogP contribution in [0.3, 0.4) is 0 Å². The molecule has 0 unspecified atom stereocenters. The summed E-state index contributed by atoms with van der Waals surface area (Å²) in [5.41, 5.74) is 1.73. The van der Waals surface area contributed by atoms with Gasteiger partial charge in [-0.15, -0.1) is 0 Å². The molecule has 9 heteroatoms. The molecule has 1 aliphatic heterocycles. The summed E-state index contributed by atoms with van der Waals surface area (Å²) >= 11 is 9.79. The van der Waals surface area contributed by atoms with Crippen LogP contribution < -0.4 is 14.8 Å². The Balaban J connectivity index is 1.65. The zero-order valence-electron chi connectivity index (χ0n) is 14.9. The molecule has 0 saturated carbocycles. The number of benzene rings is 2. The molecule has 1 aliphatic rings. The van der Waals surface area contributed by atoms with Gasteiger partial charge in [0, 0.05) is 15.1 Å². The zero-order chi connectivity index (χ0) is 19.7. The number of carbonyl (C=O) groups is 1. The van der Waals surface area contributed by atoms with E-state index < -0.39 is 0 Å². The molecule has 0 bridgehead atoms. The lowest BCUT2D eigenvalue weighted by Crippen LogP contribution is -2.29. The van der Waals surface area contributed by atoms with Crippen molar-refractivity contribution in [2.24, 2.45) is 0 Å². The van der Waals surface area contributed by atoms with Crippen molar-refractivity contribution < 1.29 is 14.3 Å². The summed E-state index contributed by atoms with van der Waals surface area (Å²) in [5.74, 6) is 1.43. The molecule has 1 N–H and O–H groups in total. The molecule has 1 amide bonds. The van der Waals surface area contributed by atoms with Gasteiger partial charge in [0.15, 0.2) is 11.5 Å². The quantitative estimate of drug-likeness (QED) is 0.613. The Morgan fingerprint density at radius 2 is 2.14 bits per heavy atom. The Hall–Kier alpha value is -2.58. The monoisotopic (exact) mass is 462 g/mol. The summed E-state index contributed by atoms with van der Waals surface area (Å²) < 4.78 is 13.9. The molecule has 0 spiro atoms. The number of rotatable bonds is 5. The molecular formula is C19H16BrClN4O3. The Morgan fingerprint density at radius 1 is 1.32 bits per heavy atom. The first-order chi connectivity index (χ1) is 13.6. The van der Waals surface area contributed by atoms with Crippen molar-refractivity contribution in [3.63, 3.8) is 0 Å². The summed E-state index contributed by atoms with van der Waals surface area (Å²) in [6.45, 7) is 0.306. The number of halogens is 2. The van der Waals surface area contributed by atoms with Crippen LogP contribution in [0.1, 0.15) is 23.6 Å². The number of aromatic nitrogens is 3. The average molecular weight is 464 g/mol. The molecule has 28 heavy (non-hydrogen) atoms. The first-order valence-electron chi connectivity index (χ1n) is 8.50. The highest BCUT2D eigenvalue weighted by Gasteiger charge is 2.30. The van der Waals surface area contributed by atoms with Crippen molar-refractivity contribution in [3.05, 3.63) is 63.3 Å². The molecular weight excluding hydrogens is 448 g/mol. The highest BCUT2D eigenvalue weighted by Crippen LogP contribution is 2.40. The third kappa shape index (κ3) is 3.57. The molecule has 3 aromatic rings. The molecule has 0 radical (unpaired) electrons. The van der Waals surface area contributed by atoms with E-state index in [0.29, 0.717) is 29.1 Å². The fraction of sp³-hybridized carbons (Fsp3) is 0.211. The number of hydrogen-bond donors (Lipinski definition) is 1. The van der Waals surface area contributed by atoms with E-state index in [0.717, 1.165) is 15.6 Å². The lowest BCUT2D eigenvalue weighted by atomic mass is 10.0. The van der Waals surface area contributed by atoms with E-state index in [4.69, 9.17) is 21.1 Å². The number of fused-ring (bicyclic) bond motifs is 1. The van der Waals surface area contributed by atoms with Crippen LogP contribution in [0.5, 0.6) is 11.5 Å². The van der Waals surface area contributed by atoms with Crippen molar-refractivity contribution in [1.82, 2.24) is 14.8 Å².